The van der Waals surface area contributed by atoms with Gasteiger partial charge in [-0.15, -0.1) is 0 Å². The molecule has 0 aromatic heterocycles. The molecule has 2 aromatic carbocycles. The molecule has 0 radical (unpaired) electrons. The predicted molar refractivity (Wildman–Crippen MR) is 96.4 cm³/mol. The summed E-state index contributed by atoms with van der Waals surface area (Å²) >= 11 is 0. The number of carbonyl (C=O) groups is 2. The SMILES string of the molecule is COc1ccc(C(N)=O)c(O[C@H](C)C(=O)NCc2ccccc2OC)c1. The summed E-state index contributed by atoms with van der Waals surface area (Å²) in [6, 6.07) is 12.0. The first kappa shape index (κ1) is 19.1. The van der Waals surface area contributed by atoms with Crippen LogP contribution in [-0.4, -0.2) is 32.1 Å². The van der Waals surface area contributed by atoms with Crippen LogP contribution in [0.25, 0.3) is 0 Å². The number of carbonyl (C=O) groups excluding carboxylic acids is 2. The summed E-state index contributed by atoms with van der Waals surface area (Å²) in [5.74, 6) is 0.382. The van der Waals surface area contributed by atoms with E-state index in [-0.39, 0.29) is 23.8 Å². The molecule has 26 heavy (non-hydrogen) atoms. The van der Waals surface area contributed by atoms with E-state index in [0.29, 0.717) is 11.5 Å². The zero-order valence-corrected chi connectivity index (χ0v) is 14.9. The van der Waals surface area contributed by atoms with Crippen molar-refractivity contribution in [3.8, 4) is 17.2 Å². The molecule has 2 amide bonds. The molecule has 7 heteroatoms. The highest BCUT2D eigenvalue weighted by Gasteiger charge is 2.19. The van der Waals surface area contributed by atoms with E-state index in [0.717, 1.165) is 5.56 Å². The van der Waals surface area contributed by atoms with Gasteiger partial charge >= 0.3 is 0 Å². The van der Waals surface area contributed by atoms with Crippen molar-refractivity contribution in [1.29, 1.82) is 0 Å². The molecule has 0 fully saturated rings. The second-order valence-corrected chi connectivity index (χ2v) is 5.52. The van der Waals surface area contributed by atoms with Gasteiger partial charge < -0.3 is 25.3 Å². The highest BCUT2D eigenvalue weighted by atomic mass is 16.5. The van der Waals surface area contributed by atoms with E-state index in [1.54, 1.807) is 20.1 Å². The van der Waals surface area contributed by atoms with Gasteiger partial charge in [0.1, 0.15) is 17.2 Å². The molecule has 138 valence electrons. The maximum atomic E-state index is 12.3. The lowest BCUT2D eigenvalue weighted by molar-refractivity contribution is -0.127. The summed E-state index contributed by atoms with van der Waals surface area (Å²) in [6.07, 6.45) is -0.838. The molecule has 0 aliphatic carbocycles. The van der Waals surface area contributed by atoms with Gasteiger partial charge in [0.05, 0.1) is 19.8 Å². The minimum absolute atomic E-state index is 0.176. The van der Waals surface area contributed by atoms with Crippen LogP contribution in [-0.2, 0) is 11.3 Å². The van der Waals surface area contributed by atoms with E-state index in [9.17, 15) is 9.59 Å². The molecule has 0 heterocycles. The molecule has 3 N–H and O–H groups in total. The lowest BCUT2D eigenvalue weighted by Gasteiger charge is -2.17. The lowest BCUT2D eigenvalue weighted by Crippen LogP contribution is -2.36. The summed E-state index contributed by atoms with van der Waals surface area (Å²) in [7, 11) is 3.06. The third-order valence-corrected chi connectivity index (χ3v) is 3.77. The van der Waals surface area contributed by atoms with Gasteiger partial charge in [-0.25, -0.2) is 0 Å². The number of rotatable bonds is 8. The van der Waals surface area contributed by atoms with Crippen molar-refractivity contribution in [2.75, 3.05) is 14.2 Å². The number of hydrogen-bond donors (Lipinski definition) is 2. The Bertz CT molecular complexity index is 791. The number of primary amides is 1. The molecule has 1 atom stereocenters. The molecule has 0 aliphatic heterocycles. The minimum atomic E-state index is -0.838. The van der Waals surface area contributed by atoms with E-state index in [2.05, 4.69) is 5.32 Å². The Morgan fingerprint density at radius 3 is 2.46 bits per heavy atom. The second kappa shape index (κ2) is 8.75. The predicted octanol–water partition coefficient (Wildman–Crippen LogP) is 1.89. The molecule has 0 unspecified atom stereocenters. The topological polar surface area (TPSA) is 99.9 Å². The smallest absolute Gasteiger partial charge is 0.261 e. The van der Waals surface area contributed by atoms with E-state index in [4.69, 9.17) is 19.9 Å². The Morgan fingerprint density at radius 2 is 1.81 bits per heavy atom. The number of nitrogens with two attached hydrogens (primary N) is 1. The van der Waals surface area contributed by atoms with Crippen LogP contribution in [0.15, 0.2) is 42.5 Å². The fraction of sp³-hybridized carbons (Fsp3) is 0.263. The van der Waals surface area contributed by atoms with Crippen LogP contribution >= 0.6 is 0 Å². The molecule has 0 aliphatic rings. The first-order valence-corrected chi connectivity index (χ1v) is 8.00. The van der Waals surface area contributed by atoms with Gasteiger partial charge in [0.15, 0.2) is 6.10 Å². The van der Waals surface area contributed by atoms with E-state index >= 15 is 0 Å². The zero-order chi connectivity index (χ0) is 19.1. The maximum absolute atomic E-state index is 12.3. The molecule has 0 saturated heterocycles. The number of hydrogen-bond acceptors (Lipinski definition) is 5. The maximum Gasteiger partial charge on any atom is 0.261 e. The fourth-order valence-electron chi connectivity index (χ4n) is 2.35. The summed E-state index contributed by atoms with van der Waals surface area (Å²) in [5, 5.41) is 2.78. The average molecular weight is 358 g/mol. The third kappa shape index (κ3) is 4.66. The van der Waals surface area contributed by atoms with E-state index in [1.165, 1.54) is 19.2 Å². The Hall–Kier alpha value is -3.22. The summed E-state index contributed by atoms with van der Waals surface area (Å²) < 4.78 is 16.0. The monoisotopic (exact) mass is 358 g/mol. The molecular weight excluding hydrogens is 336 g/mol. The standard InChI is InChI=1S/C19H22N2O5/c1-12(19(23)21-11-13-6-4-5-7-16(13)25-3)26-17-10-14(24-2)8-9-15(17)18(20)22/h4-10,12H,11H2,1-3H3,(H2,20,22)(H,21,23)/t12-/m1/s1. The van der Waals surface area contributed by atoms with Gasteiger partial charge in [0, 0.05) is 18.2 Å². The molecule has 7 nitrogen and oxygen atoms in total. The Balaban J connectivity index is 2.06. The first-order valence-electron chi connectivity index (χ1n) is 8.00. The van der Waals surface area contributed by atoms with Gasteiger partial charge in [0.25, 0.3) is 11.8 Å². The summed E-state index contributed by atoms with van der Waals surface area (Å²) in [5.41, 5.74) is 6.37. The lowest BCUT2D eigenvalue weighted by atomic mass is 10.1. The average Bonchev–Trinajstić information content (AvgIpc) is 2.65. The number of nitrogens with one attached hydrogen (secondary N) is 1. The number of methoxy groups -OCH3 is 2. The highest BCUT2D eigenvalue weighted by Crippen LogP contribution is 2.25. The van der Waals surface area contributed by atoms with Crippen LogP contribution in [0.1, 0.15) is 22.8 Å². The van der Waals surface area contributed by atoms with Crippen LogP contribution in [0.3, 0.4) is 0 Å². The van der Waals surface area contributed by atoms with E-state index < -0.39 is 12.0 Å². The second-order valence-electron chi connectivity index (χ2n) is 5.52. The van der Waals surface area contributed by atoms with Crippen molar-refractivity contribution >= 4 is 11.8 Å². The molecular formula is C19H22N2O5. The summed E-state index contributed by atoms with van der Waals surface area (Å²) in [6.45, 7) is 1.87. The number of amides is 2. The normalized spacial score (nSPS) is 11.3. The number of para-hydroxylation sites is 1. The van der Waals surface area contributed by atoms with Crippen LogP contribution in [0, 0.1) is 0 Å². The van der Waals surface area contributed by atoms with Crippen molar-refractivity contribution in [2.24, 2.45) is 5.73 Å². The van der Waals surface area contributed by atoms with Crippen LogP contribution in [0.2, 0.25) is 0 Å². The van der Waals surface area contributed by atoms with Crippen LogP contribution in [0.5, 0.6) is 17.2 Å². The van der Waals surface area contributed by atoms with Crippen molar-refractivity contribution in [3.63, 3.8) is 0 Å². The van der Waals surface area contributed by atoms with Gasteiger partial charge in [-0.3, -0.25) is 9.59 Å². The quantitative estimate of drug-likeness (QED) is 0.751. The molecule has 2 aromatic rings. The van der Waals surface area contributed by atoms with Gasteiger partial charge in [-0.05, 0) is 25.1 Å². The molecule has 0 saturated carbocycles. The minimum Gasteiger partial charge on any atom is -0.497 e. The van der Waals surface area contributed by atoms with Crippen molar-refractivity contribution in [1.82, 2.24) is 5.32 Å². The Labute approximate surface area is 152 Å². The number of benzene rings is 2. The van der Waals surface area contributed by atoms with Gasteiger partial charge in [0.2, 0.25) is 0 Å². The number of ether oxygens (including phenoxy) is 3. The third-order valence-electron chi connectivity index (χ3n) is 3.77. The Morgan fingerprint density at radius 1 is 1.08 bits per heavy atom. The van der Waals surface area contributed by atoms with Crippen molar-refractivity contribution < 1.29 is 23.8 Å². The van der Waals surface area contributed by atoms with Crippen LogP contribution < -0.4 is 25.3 Å². The molecule has 0 spiro atoms. The first-order chi connectivity index (χ1) is 12.5. The highest BCUT2D eigenvalue weighted by molar-refractivity contribution is 5.96. The fourth-order valence-corrected chi connectivity index (χ4v) is 2.35. The summed E-state index contributed by atoms with van der Waals surface area (Å²) in [4.78, 5) is 23.9. The Kier molecular flexibility index (Phi) is 6.43. The van der Waals surface area contributed by atoms with Gasteiger partial charge in [-0.1, -0.05) is 18.2 Å². The zero-order valence-electron chi connectivity index (χ0n) is 14.9. The van der Waals surface area contributed by atoms with Crippen molar-refractivity contribution in [3.05, 3.63) is 53.6 Å². The van der Waals surface area contributed by atoms with Gasteiger partial charge in [-0.2, -0.15) is 0 Å². The van der Waals surface area contributed by atoms with Crippen molar-refractivity contribution in [2.45, 2.75) is 19.6 Å². The van der Waals surface area contributed by atoms with Crippen LogP contribution in [0.4, 0.5) is 0 Å². The molecule has 2 rings (SSSR count). The van der Waals surface area contributed by atoms with E-state index in [1.807, 2.05) is 24.3 Å². The molecule has 0 bridgehead atoms. The largest absolute Gasteiger partial charge is 0.497 e.